The molecule has 3 aromatic rings. The third kappa shape index (κ3) is 7.82. The van der Waals surface area contributed by atoms with Crippen LogP contribution in [0.4, 0.5) is 11.5 Å². The molecule has 0 aliphatic rings. The van der Waals surface area contributed by atoms with Gasteiger partial charge in [0.05, 0.1) is 30.4 Å². The van der Waals surface area contributed by atoms with E-state index in [0.717, 1.165) is 33.5 Å². The summed E-state index contributed by atoms with van der Waals surface area (Å²) in [6.07, 6.45) is 7.16. The van der Waals surface area contributed by atoms with Crippen molar-refractivity contribution in [1.82, 2.24) is 9.97 Å². The second-order valence-corrected chi connectivity index (χ2v) is 10.3. The molecule has 1 aromatic heterocycles. The summed E-state index contributed by atoms with van der Waals surface area (Å²) >= 11 is 0. The highest BCUT2D eigenvalue weighted by atomic mass is 16.6. The Morgan fingerprint density at radius 1 is 1.05 bits per heavy atom. The maximum Gasteiger partial charge on any atom is 0.163 e. The molecule has 2 aromatic carbocycles. The molecular weight excluding hydrogens is 466 g/mol. The Labute approximate surface area is 328 Å². The summed E-state index contributed by atoms with van der Waals surface area (Å²) in [5, 5.41) is 0.834. The molecule has 0 fully saturated rings. The highest BCUT2D eigenvalue weighted by Crippen LogP contribution is 2.38. The minimum atomic E-state index is -0.247. The van der Waals surface area contributed by atoms with Gasteiger partial charge >= 0.3 is 0 Å². The lowest BCUT2D eigenvalue weighted by molar-refractivity contribution is -0.0170. The Balaban J connectivity index is -0.00000000311. The van der Waals surface area contributed by atoms with E-state index >= 15 is 0 Å². The van der Waals surface area contributed by atoms with Crippen molar-refractivity contribution in [3.8, 4) is 23.8 Å². The van der Waals surface area contributed by atoms with Crippen molar-refractivity contribution >= 4 is 22.4 Å². The number of ether oxygens (including phenoxy) is 4. The molecule has 0 spiro atoms. The van der Waals surface area contributed by atoms with Crippen LogP contribution in [0.3, 0.4) is 0 Å². The average Bonchev–Trinajstić information content (AvgIpc) is 2.84. The van der Waals surface area contributed by atoms with E-state index in [9.17, 15) is 0 Å². The second kappa shape index (κ2) is 12.3. The van der Waals surface area contributed by atoms with Crippen LogP contribution in [0.2, 0.25) is 0 Å². The maximum absolute atomic E-state index is 6.25. The molecule has 1 unspecified atom stereocenters. The van der Waals surface area contributed by atoms with E-state index < -0.39 is 0 Å². The normalized spacial score (nSPS) is 12.4. The summed E-state index contributed by atoms with van der Waals surface area (Å²) in [7, 11) is 1.97. The SMILES string of the molecule is C#Cc1ccc(C)c(N(C)c2ncnc3cc(OC(C)COC(C)C)c(OCCOC(C)(C)C)cc23)c1.[HH].[HH].[HH].[HH].[HH].[HH].[HH].[HH].[HH].[HH].[HH].[HH].[HH].[HH].[HH].[HH].[HH].[HH].[HH].[HH].[HH].[HH].[HH].[HH].[HH].[HH].[HH].[HH].[HH].[HH].[HH].[HH].[HH].[HH].[HH].[HH].[HH].[HH].[HH].[HH].[HH].[HH].[HH].[HH].[HH].[HH].[HH].[HH].[HH].[HH].[HH].[HH].[HH].[HH].[HH].[HH].[HH].[HH].[HH].[HH].[HH].[HH].[HH].[HH].[HH].[HH].[HH].[HH].[HH].[HH].[HH].[HH]. The van der Waals surface area contributed by atoms with Gasteiger partial charge in [-0.15, -0.1) is 6.42 Å². The Bertz CT molecular complexity index is 1340. The van der Waals surface area contributed by atoms with E-state index in [1.54, 1.807) is 6.33 Å². The largest absolute Gasteiger partial charge is 0.487 e. The number of fused-ring (bicyclic) bond motifs is 1. The lowest BCUT2D eigenvalue weighted by atomic mass is 10.1. The molecule has 1 atom stereocenters. The number of nitrogens with zero attached hydrogens (tertiary/aromatic N) is 3. The van der Waals surface area contributed by atoms with E-state index in [1.165, 1.54) is 0 Å². The van der Waals surface area contributed by atoms with Crippen molar-refractivity contribution in [3.05, 3.63) is 47.8 Å². The Hall–Kier alpha value is -3.34. The number of benzene rings is 2. The minimum absolute atomic E-state index is 0. The number of anilines is 2. The van der Waals surface area contributed by atoms with E-state index in [4.69, 9.17) is 25.4 Å². The molecule has 342 valence electrons. The smallest absolute Gasteiger partial charge is 0.163 e. The number of rotatable bonds is 11. The van der Waals surface area contributed by atoms with Crippen molar-refractivity contribution < 1.29 is 122 Å². The van der Waals surface area contributed by atoms with Crippen molar-refractivity contribution in [1.29, 1.82) is 0 Å². The third-order valence-corrected chi connectivity index (χ3v) is 5.60. The van der Waals surface area contributed by atoms with Crippen LogP contribution < -0.4 is 14.4 Å². The van der Waals surface area contributed by atoms with Crippen molar-refractivity contribution in [3.63, 3.8) is 0 Å². The van der Waals surface area contributed by atoms with Gasteiger partial charge in [-0.1, -0.05) is 12.0 Å². The Morgan fingerprint density at radius 3 is 2.49 bits per heavy atom. The zero-order valence-electron chi connectivity index (χ0n) is 23.3. The summed E-state index contributed by atoms with van der Waals surface area (Å²) < 4.78 is 24.0. The predicted molar refractivity (Wildman–Crippen MR) is 301 cm³/mol. The van der Waals surface area contributed by atoms with Gasteiger partial charge in [0, 0.05) is 132 Å². The fourth-order valence-corrected chi connectivity index (χ4v) is 3.78. The molecule has 3 rings (SSSR count). The number of hydrogen-bond acceptors (Lipinski definition) is 7. The topological polar surface area (TPSA) is 65.9 Å². The van der Waals surface area contributed by atoms with Gasteiger partial charge in [0.25, 0.3) is 0 Å². The highest BCUT2D eigenvalue weighted by Gasteiger charge is 2.19. The van der Waals surface area contributed by atoms with Crippen LogP contribution in [-0.2, 0) is 9.47 Å². The number of hydrogen-bond donors (Lipinski definition) is 0. The van der Waals surface area contributed by atoms with Crippen molar-refractivity contribution in [2.45, 2.75) is 66.3 Å². The van der Waals surface area contributed by atoms with Crippen LogP contribution in [0.15, 0.2) is 36.7 Å². The first kappa shape index (κ1) is 28.2. The fourth-order valence-electron chi connectivity index (χ4n) is 3.78. The molecule has 0 aliphatic heterocycles. The molecule has 0 saturated heterocycles. The van der Waals surface area contributed by atoms with Gasteiger partial charge in [0.15, 0.2) is 11.5 Å². The molecule has 7 nitrogen and oxygen atoms in total. The summed E-state index contributed by atoms with van der Waals surface area (Å²) in [5.74, 6) is 4.64. The van der Waals surface area contributed by atoms with Gasteiger partial charge in [0.1, 0.15) is 24.9 Å². The first-order valence-corrected chi connectivity index (χ1v) is 12.6. The van der Waals surface area contributed by atoms with Gasteiger partial charge < -0.3 is 23.8 Å². The number of aromatic nitrogens is 2. The van der Waals surface area contributed by atoms with Crippen LogP contribution in [-0.4, -0.2) is 54.6 Å². The maximum atomic E-state index is 6.25. The van der Waals surface area contributed by atoms with Gasteiger partial charge in [0.2, 0.25) is 0 Å². The average molecular weight is 651 g/mol. The van der Waals surface area contributed by atoms with Crippen LogP contribution in [0.5, 0.6) is 11.5 Å². The molecular formula is C30H183N3O4. The van der Waals surface area contributed by atoms with Crippen LogP contribution in [0.1, 0.15) is 155 Å². The van der Waals surface area contributed by atoms with Crippen LogP contribution in [0, 0.1) is 19.3 Å². The van der Waals surface area contributed by atoms with Crippen LogP contribution >= 0.6 is 0 Å². The highest BCUT2D eigenvalue weighted by molar-refractivity contribution is 5.94. The third-order valence-electron chi connectivity index (χ3n) is 5.60. The fraction of sp³-hybridized carbons (Fsp3) is 0.467. The zero-order valence-corrected chi connectivity index (χ0v) is 23.3. The monoisotopic (exact) mass is 650 g/mol. The Morgan fingerprint density at radius 2 is 1.81 bits per heavy atom. The summed E-state index contributed by atoms with van der Waals surface area (Å²) in [5.41, 5.74) is 3.36. The van der Waals surface area contributed by atoms with Gasteiger partial charge in [-0.2, -0.15) is 0 Å². The van der Waals surface area contributed by atoms with E-state index in [2.05, 4.69) is 15.9 Å². The Kier molecular flexibility index (Phi) is 9.36. The molecule has 0 amide bonds. The zero-order chi connectivity index (χ0) is 27.2. The molecule has 0 saturated carbocycles. The first-order valence-electron chi connectivity index (χ1n) is 12.6. The predicted octanol–water partition coefficient (Wildman–Crippen LogP) is 23.8. The lowest BCUT2D eigenvalue weighted by Crippen LogP contribution is -2.23. The van der Waals surface area contributed by atoms with Crippen molar-refractivity contribution in [2.75, 3.05) is 31.8 Å². The van der Waals surface area contributed by atoms with Gasteiger partial charge in [-0.05, 0) is 72.2 Å². The van der Waals surface area contributed by atoms with Crippen molar-refractivity contribution in [2.24, 2.45) is 0 Å². The summed E-state index contributed by atoms with van der Waals surface area (Å²) in [6, 6.07) is 9.76. The summed E-state index contributed by atoms with van der Waals surface area (Å²) in [6.45, 7) is 15.4. The molecule has 0 radical (unpaired) electrons. The van der Waals surface area contributed by atoms with Gasteiger partial charge in [-0.25, -0.2) is 9.97 Å². The quantitative estimate of drug-likeness (QED) is 0.151. The minimum Gasteiger partial charge on any atom is -0.487 e. The van der Waals surface area contributed by atoms with Crippen LogP contribution in [0.25, 0.3) is 10.9 Å². The number of terminal acetylenes is 1. The summed E-state index contributed by atoms with van der Waals surface area (Å²) in [4.78, 5) is 11.2. The first-order chi connectivity index (χ1) is 17.5. The molecule has 37 heavy (non-hydrogen) atoms. The molecule has 7 heteroatoms. The van der Waals surface area contributed by atoms with E-state index in [1.807, 2.05) is 90.7 Å². The molecule has 0 N–H and O–H groups in total. The second-order valence-electron chi connectivity index (χ2n) is 10.3. The lowest BCUT2D eigenvalue weighted by Gasteiger charge is -2.24. The number of aryl methyl sites for hydroxylation is 1. The standard InChI is InChI=1S/C30H39N3O4.72H2/c1-10-23-12-11-21(4)26(15-23)33(9)29-24-16-27(34-13-14-36-30(6,7)8)28(17-25(24)31-19-32-29)37-22(5)18-35-20(2)3;;;;;;;;;;;;;;;;;;;;;;;;;;;;;;;;;;;;;;;;;;;;;;;;;;;;;;;;;;;;;;;;;;;;;;;;/h1,11-12,15-17,19-20,22H,13-14,18H2,2-9H3;72*1H. The molecule has 0 bridgehead atoms. The molecule has 1 heterocycles. The van der Waals surface area contributed by atoms with Gasteiger partial charge in [-0.3, -0.25) is 0 Å². The van der Waals surface area contributed by atoms with E-state index in [0.29, 0.717) is 31.3 Å². The van der Waals surface area contributed by atoms with E-state index in [-0.39, 0.29) is 121 Å². The molecule has 0 aliphatic carbocycles.